The molecule has 1 N–H and O–H groups in total. The van der Waals surface area contributed by atoms with Crippen molar-refractivity contribution in [1.82, 2.24) is 10.2 Å². The van der Waals surface area contributed by atoms with Gasteiger partial charge < -0.3 is 5.32 Å². The lowest BCUT2D eigenvalue weighted by Gasteiger charge is -2.34. The highest BCUT2D eigenvalue weighted by Gasteiger charge is 2.31. The van der Waals surface area contributed by atoms with E-state index in [4.69, 9.17) is 0 Å². The molecule has 82 valence electrons. The zero-order chi connectivity index (χ0) is 9.97. The molecular weight excluding hydrogens is 172 g/mol. The van der Waals surface area contributed by atoms with Crippen LogP contribution in [0.3, 0.4) is 0 Å². The second kappa shape index (κ2) is 4.63. The standard InChI is InChI=1S/C12H24N2/c1-3-14(11-6-7-11)9-12-10(2)5-4-8-13-12/h10-13H,3-9H2,1-2H3. The summed E-state index contributed by atoms with van der Waals surface area (Å²) < 4.78 is 0. The molecule has 2 heteroatoms. The van der Waals surface area contributed by atoms with Crippen LogP contribution in [-0.4, -0.2) is 36.6 Å². The van der Waals surface area contributed by atoms with Crippen LogP contribution in [0.2, 0.25) is 0 Å². The van der Waals surface area contributed by atoms with Gasteiger partial charge in [0.1, 0.15) is 0 Å². The van der Waals surface area contributed by atoms with Gasteiger partial charge in [-0.25, -0.2) is 0 Å². The summed E-state index contributed by atoms with van der Waals surface area (Å²) in [5.41, 5.74) is 0. The molecule has 2 fully saturated rings. The molecule has 1 heterocycles. The number of hydrogen-bond donors (Lipinski definition) is 1. The van der Waals surface area contributed by atoms with E-state index in [-0.39, 0.29) is 0 Å². The first-order valence-corrected chi connectivity index (χ1v) is 6.28. The van der Waals surface area contributed by atoms with Gasteiger partial charge >= 0.3 is 0 Å². The van der Waals surface area contributed by atoms with Gasteiger partial charge in [0.15, 0.2) is 0 Å². The van der Waals surface area contributed by atoms with E-state index in [1.54, 1.807) is 0 Å². The normalized spacial score (nSPS) is 33.6. The van der Waals surface area contributed by atoms with Crippen LogP contribution in [0.5, 0.6) is 0 Å². The molecule has 1 aliphatic carbocycles. The quantitative estimate of drug-likeness (QED) is 0.738. The molecule has 0 spiro atoms. The minimum atomic E-state index is 0.754. The topological polar surface area (TPSA) is 15.3 Å². The van der Waals surface area contributed by atoms with Crippen LogP contribution in [0.1, 0.15) is 39.5 Å². The predicted molar refractivity (Wildman–Crippen MR) is 60.5 cm³/mol. The van der Waals surface area contributed by atoms with Gasteiger partial charge in [-0.2, -0.15) is 0 Å². The first-order valence-electron chi connectivity index (χ1n) is 6.28. The Kier molecular flexibility index (Phi) is 3.45. The summed E-state index contributed by atoms with van der Waals surface area (Å²) in [5.74, 6) is 0.872. The van der Waals surface area contributed by atoms with Gasteiger partial charge in [0, 0.05) is 18.6 Å². The van der Waals surface area contributed by atoms with E-state index in [0.29, 0.717) is 0 Å². The Morgan fingerprint density at radius 3 is 2.64 bits per heavy atom. The Morgan fingerprint density at radius 1 is 1.29 bits per heavy atom. The molecule has 2 atom stereocenters. The fourth-order valence-electron chi connectivity index (χ4n) is 2.59. The Morgan fingerprint density at radius 2 is 2.07 bits per heavy atom. The SMILES string of the molecule is CCN(CC1NCCCC1C)C1CC1. The summed E-state index contributed by atoms with van der Waals surface area (Å²) in [7, 11) is 0. The van der Waals surface area contributed by atoms with Crippen LogP contribution in [0.4, 0.5) is 0 Å². The number of nitrogens with one attached hydrogen (secondary N) is 1. The van der Waals surface area contributed by atoms with Gasteiger partial charge in [-0.3, -0.25) is 4.90 Å². The smallest absolute Gasteiger partial charge is 0.0220 e. The fraction of sp³-hybridized carbons (Fsp3) is 1.00. The number of hydrogen-bond acceptors (Lipinski definition) is 2. The van der Waals surface area contributed by atoms with E-state index < -0.39 is 0 Å². The highest BCUT2D eigenvalue weighted by molar-refractivity contribution is 4.88. The lowest BCUT2D eigenvalue weighted by Crippen LogP contribution is -2.48. The number of likely N-dealkylation sites (N-methyl/N-ethyl adjacent to an activating group) is 1. The largest absolute Gasteiger partial charge is 0.312 e. The highest BCUT2D eigenvalue weighted by atomic mass is 15.2. The molecule has 0 aromatic rings. The van der Waals surface area contributed by atoms with Crippen molar-refractivity contribution in [2.45, 2.75) is 51.6 Å². The van der Waals surface area contributed by atoms with Gasteiger partial charge in [0.25, 0.3) is 0 Å². The van der Waals surface area contributed by atoms with E-state index in [1.807, 2.05) is 0 Å². The molecule has 0 radical (unpaired) electrons. The van der Waals surface area contributed by atoms with Crippen LogP contribution in [-0.2, 0) is 0 Å². The second-order valence-corrected chi connectivity index (χ2v) is 5.00. The number of piperidine rings is 1. The summed E-state index contributed by atoms with van der Waals surface area (Å²) >= 11 is 0. The van der Waals surface area contributed by atoms with Crippen molar-refractivity contribution in [3.8, 4) is 0 Å². The molecule has 1 saturated carbocycles. The molecular formula is C12H24N2. The summed E-state index contributed by atoms with van der Waals surface area (Å²) in [5, 5.41) is 3.67. The lowest BCUT2D eigenvalue weighted by molar-refractivity contribution is 0.190. The van der Waals surface area contributed by atoms with Gasteiger partial charge in [0.05, 0.1) is 0 Å². The monoisotopic (exact) mass is 196 g/mol. The summed E-state index contributed by atoms with van der Waals surface area (Å²) in [6.07, 6.45) is 5.66. The van der Waals surface area contributed by atoms with Gasteiger partial charge in [0.2, 0.25) is 0 Å². The van der Waals surface area contributed by atoms with Crippen molar-refractivity contribution in [1.29, 1.82) is 0 Å². The zero-order valence-electron chi connectivity index (χ0n) is 9.63. The van der Waals surface area contributed by atoms with E-state index in [1.165, 1.54) is 45.3 Å². The molecule has 2 aliphatic rings. The Balaban J connectivity index is 1.81. The van der Waals surface area contributed by atoms with Gasteiger partial charge in [-0.05, 0) is 44.7 Å². The third kappa shape index (κ3) is 2.48. The van der Waals surface area contributed by atoms with Crippen LogP contribution in [0, 0.1) is 5.92 Å². The summed E-state index contributed by atoms with van der Waals surface area (Å²) in [4.78, 5) is 2.67. The van der Waals surface area contributed by atoms with Crippen LogP contribution < -0.4 is 5.32 Å². The van der Waals surface area contributed by atoms with Gasteiger partial charge in [-0.15, -0.1) is 0 Å². The maximum Gasteiger partial charge on any atom is 0.0220 e. The first kappa shape index (κ1) is 10.4. The average molecular weight is 196 g/mol. The van der Waals surface area contributed by atoms with Crippen molar-refractivity contribution < 1.29 is 0 Å². The molecule has 1 saturated heterocycles. The Bertz CT molecular complexity index is 177. The number of nitrogens with zero attached hydrogens (tertiary/aromatic N) is 1. The molecule has 0 aromatic carbocycles. The third-order valence-electron chi connectivity index (χ3n) is 3.83. The van der Waals surface area contributed by atoms with Gasteiger partial charge in [-0.1, -0.05) is 13.8 Å². The van der Waals surface area contributed by atoms with E-state index >= 15 is 0 Å². The highest BCUT2D eigenvalue weighted by Crippen LogP contribution is 2.28. The van der Waals surface area contributed by atoms with Crippen molar-refractivity contribution in [3.63, 3.8) is 0 Å². The molecule has 2 unspecified atom stereocenters. The fourth-order valence-corrected chi connectivity index (χ4v) is 2.59. The van der Waals surface area contributed by atoms with Crippen molar-refractivity contribution >= 4 is 0 Å². The third-order valence-corrected chi connectivity index (χ3v) is 3.83. The van der Waals surface area contributed by atoms with Crippen molar-refractivity contribution in [3.05, 3.63) is 0 Å². The first-order chi connectivity index (χ1) is 6.81. The minimum Gasteiger partial charge on any atom is -0.312 e. The summed E-state index contributed by atoms with van der Waals surface area (Å²) in [6.45, 7) is 8.44. The van der Waals surface area contributed by atoms with E-state index in [2.05, 4.69) is 24.1 Å². The zero-order valence-corrected chi connectivity index (χ0v) is 9.63. The summed E-state index contributed by atoms with van der Waals surface area (Å²) in [6, 6.07) is 1.68. The number of rotatable bonds is 4. The molecule has 0 bridgehead atoms. The lowest BCUT2D eigenvalue weighted by atomic mass is 9.92. The molecule has 14 heavy (non-hydrogen) atoms. The molecule has 2 rings (SSSR count). The minimum absolute atomic E-state index is 0.754. The molecule has 2 nitrogen and oxygen atoms in total. The predicted octanol–water partition coefficient (Wildman–Crippen LogP) is 1.86. The maximum atomic E-state index is 3.67. The Labute approximate surface area is 88.1 Å². The van der Waals surface area contributed by atoms with Crippen molar-refractivity contribution in [2.24, 2.45) is 5.92 Å². The average Bonchev–Trinajstić information content (AvgIpc) is 3.00. The van der Waals surface area contributed by atoms with Crippen LogP contribution in [0.15, 0.2) is 0 Å². The molecule has 0 amide bonds. The van der Waals surface area contributed by atoms with Crippen molar-refractivity contribution in [2.75, 3.05) is 19.6 Å². The molecule has 1 aliphatic heterocycles. The second-order valence-electron chi connectivity index (χ2n) is 5.00. The van der Waals surface area contributed by atoms with E-state index in [0.717, 1.165) is 18.0 Å². The van der Waals surface area contributed by atoms with Crippen LogP contribution >= 0.6 is 0 Å². The maximum absolute atomic E-state index is 3.67. The van der Waals surface area contributed by atoms with Crippen LogP contribution in [0.25, 0.3) is 0 Å². The Hall–Kier alpha value is -0.0800. The molecule has 0 aromatic heterocycles. The van der Waals surface area contributed by atoms with E-state index in [9.17, 15) is 0 Å².